The Balaban J connectivity index is 6.17. The van der Waals surface area contributed by atoms with E-state index >= 15 is 0 Å². The molecule has 0 spiro atoms. The molecule has 0 aromatic carbocycles. The molecule has 0 saturated carbocycles. The second-order valence-electron chi connectivity index (χ2n) is 4.52. The van der Waals surface area contributed by atoms with Crippen LogP contribution >= 0.6 is 0 Å². The Labute approximate surface area is 139 Å². The second kappa shape index (κ2) is 7.07. The minimum absolute atomic E-state index is 1.49. The highest BCUT2D eigenvalue weighted by atomic mass is 32.2. The van der Waals surface area contributed by atoms with Crippen molar-refractivity contribution in [2.75, 3.05) is 5.75 Å². The van der Waals surface area contributed by atoms with Crippen LogP contribution in [0.2, 0.25) is 0 Å². The topological polar surface area (TPSA) is 72.8 Å². The van der Waals surface area contributed by atoms with Crippen molar-refractivity contribution in [1.82, 2.24) is 0 Å². The third-order valence-electron chi connectivity index (χ3n) is 2.39. The summed E-state index contributed by atoms with van der Waals surface area (Å²) in [5.74, 6) is -15.9. The molecule has 0 heterocycles. The van der Waals surface area contributed by atoms with Gasteiger partial charge in [-0.05, 0) is 0 Å². The molecule has 0 bridgehead atoms. The smallest absolute Gasteiger partial charge is 0.286 e. The van der Waals surface area contributed by atoms with Crippen LogP contribution in [-0.2, 0) is 19.6 Å². The van der Waals surface area contributed by atoms with E-state index in [2.05, 4.69) is 0 Å². The zero-order valence-corrected chi connectivity index (χ0v) is 12.6. The van der Waals surface area contributed by atoms with E-state index in [0.717, 1.165) is 0 Å². The number of hydrogen-bond acceptors (Lipinski definition) is 4. The molecule has 164 valence electrons. The summed E-state index contributed by atoms with van der Waals surface area (Å²) < 4.78 is 195. The van der Waals surface area contributed by atoms with Crippen LogP contribution in [0.3, 0.4) is 0 Å². The Bertz CT molecular complexity index is 622. The summed E-state index contributed by atoms with van der Waals surface area (Å²) in [6.45, 7) is 0. The molecule has 0 saturated heterocycles. The number of hydrogen-bond donors (Lipinski definition) is 1. The Morgan fingerprint density at radius 1 is 0.704 bits per heavy atom. The van der Waals surface area contributed by atoms with Gasteiger partial charge in [0.1, 0.15) is 0 Å². The minimum Gasteiger partial charge on any atom is -0.286 e. The molecule has 19 heteroatoms. The van der Waals surface area contributed by atoms with Gasteiger partial charge in [-0.1, -0.05) is 0 Å². The lowest BCUT2D eigenvalue weighted by molar-refractivity contribution is -0.543. The maximum absolute atomic E-state index is 13.6. The van der Waals surface area contributed by atoms with Crippen molar-refractivity contribution < 1.29 is 79.5 Å². The summed E-state index contributed by atoms with van der Waals surface area (Å²) in [6.07, 6.45) is -31.3. The first-order valence-corrected chi connectivity index (χ1v) is 7.29. The van der Waals surface area contributed by atoms with Crippen LogP contribution in [0.1, 0.15) is 6.42 Å². The number of rotatable bonds is 7. The molecule has 0 amide bonds. The Morgan fingerprint density at radius 2 is 1.11 bits per heavy atom. The van der Waals surface area contributed by atoms with Crippen molar-refractivity contribution in [2.24, 2.45) is 0 Å². The van der Waals surface area contributed by atoms with Crippen LogP contribution in [0, 0.1) is 0 Å². The summed E-state index contributed by atoms with van der Waals surface area (Å²) in [6, 6.07) is 0. The van der Waals surface area contributed by atoms with Crippen molar-refractivity contribution in [3.8, 4) is 0 Å². The first-order valence-electron chi connectivity index (χ1n) is 5.68. The van der Waals surface area contributed by atoms with E-state index in [4.69, 9.17) is 4.55 Å². The van der Waals surface area contributed by atoms with Gasteiger partial charge in [-0.3, -0.25) is 9.29 Å². The van der Waals surface area contributed by atoms with Gasteiger partial charge >= 0.3 is 36.5 Å². The van der Waals surface area contributed by atoms with Crippen LogP contribution in [0.15, 0.2) is 0 Å². The summed E-state index contributed by atoms with van der Waals surface area (Å²) in [5.41, 5.74) is 0. The molecule has 27 heavy (non-hydrogen) atoms. The van der Waals surface area contributed by atoms with Gasteiger partial charge in [0.05, 0.1) is 5.75 Å². The van der Waals surface area contributed by atoms with Crippen molar-refractivity contribution in [2.45, 2.75) is 43.0 Å². The Kier molecular flexibility index (Phi) is 6.78. The maximum Gasteiger partial charge on any atom is 0.525 e. The molecule has 5 nitrogen and oxygen atoms in total. The Morgan fingerprint density at radius 3 is 1.37 bits per heavy atom. The lowest BCUT2D eigenvalue weighted by atomic mass is 10.2. The minimum atomic E-state index is -7.42. The van der Waals surface area contributed by atoms with Crippen LogP contribution in [0.5, 0.6) is 0 Å². The third-order valence-corrected chi connectivity index (χ3v) is 3.11. The SMILES string of the molecule is O=S(=O)(O)CCC(F)(OC(F)(F)C(F)(OC(F)(F)F)C(F)(F)F)C(F)(F)F. The van der Waals surface area contributed by atoms with Crippen LogP contribution in [-0.4, -0.2) is 55.3 Å². The highest BCUT2D eigenvalue weighted by Crippen LogP contribution is 2.53. The standard InChI is InChI=1S/C8H5F13O5S/c9-3(5(11,12)13,1-2-27(22,23)24)25-7(17,18)4(10,6(14,15)16)26-8(19,20)21/h1-2H2,(H,22,23,24). The van der Waals surface area contributed by atoms with Crippen molar-refractivity contribution in [3.05, 3.63) is 0 Å². The predicted molar refractivity (Wildman–Crippen MR) is 54.0 cm³/mol. The molecule has 1 N–H and O–H groups in total. The molecular weight excluding hydrogens is 455 g/mol. The third kappa shape index (κ3) is 6.49. The monoisotopic (exact) mass is 460 g/mol. The number of halogens is 13. The van der Waals surface area contributed by atoms with Crippen LogP contribution < -0.4 is 0 Å². The first-order chi connectivity index (χ1) is 11.4. The molecule has 0 aliphatic carbocycles. The van der Waals surface area contributed by atoms with Crippen molar-refractivity contribution in [1.29, 1.82) is 0 Å². The summed E-state index contributed by atoms with van der Waals surface area (Å²) in [4.78, 5) is 0. The van der Waals surface area contributed by atoms with Crippen molar-refractivity contribution in [3.63, 3.8) is 0 Å². The fourth-order valence-corrected chi connectivity index (χ4v) is 1.74. The van der Waals surface area contributed by atoms with Gasteiger partial charge in [0.2, 0.25) is 0 Å². The maximum atomic E-state index is 13.6. The second-order valence-corrected chi connectivity index (χ2v) is 6.09. The number of alkyl halides is 13. The van der Waals surface area contributed by atoms with Crippen LogP contribution in [0.25, 0.3) is 0 Å². The lowest BCUT2D eigenvalue weighted by Crippen LogP contribution is -2.64. The highest BCUT2D eigenvalue weighted by molar-refractivity contribution is 7.85. The van der Waals surface area contributed by atoms with Gasteiger partial charge in [-0.25, -0.2) is 9.13 Å². The zero-order valence-electron chi connectivity index (χ0n) is 11.8. The van der Waals surface area contributed by atoms with Gasteiger partial charge in [0.25, 0.3) is 10.1 Å². The van der Waals surface area contributed by atoms with E-state index in [9.17, 15) is 65.5 Å². The Hall–Kier alpha value is -1.08. The summed E-state index contributed by atoms with van der Waals surface area (Å²) in [5, 5.41) is 0. The normalized spacial score (nSPS) is 19.5. The molecule has 0 fully saturated rings. The van der Waals surface area contributed by atoms with Crippen molar-refractivity contribution >= 4 is 10.1 Å². The molecule has 0 aromatic heterocycles. The molecule has 0 radical (unpaired) electrons. The quantitative estimate of drug-likeness (QED) is 0.462. The fraction of sp³-hybridized carbons (Fsp3) is 1.00. The largest absolute Gasteiger partial charge is 0.525 e. The summed E-state index contributed by atoms with van der Waals surface area (Å²) >= 11 is 0. The zero-order chi connectivity index (χ0) is 22.3. The average Bonchev–Trinajstić information content (AvgIpc) is 2.30. The lowest BCUT2D eigenvalue weighted by Gasteiger charge is -2.38. The van der Waals surface area contributed by atoms with Gasteiger partial charge < -0.3 is 0 Å². The first kappa shape index (κ1) is 25.9. The number of ether oxygens (including phenoxy) is 2. The van der Waals surface area contributed by atoms with E-state index in [1.165, 1.54) is 4.74 Å². The van der Waals surface area contributed by atoms with Gasteiger partial charge in [0.15, 0.2) is 0 Å². The molecular formula is C8H5F13O5S. The van der Waals surface area contributed by atoms with E-state index in [-0.39, 0.29) is 0 Å². The van der Waals surface area contributed by atoms with E-state index < -0.39 is 58.8 Å². The van der Waals surface area contributed by atoms with E-state index in [1.807, 2.05) is 4.74 Å². The molecule has 0 aliphatic rings. The van der Waals surface area contributed by atoms with Gasteiger partial charge in [-0.15, -0.1) is 13.2 Å². The molecule has 0 rings (SSSR count). The molecule has 2 atom stereocenters. The van der Waals surface area contributed by atoms with Gasteiger partial charge in [0, 0.05) is 6.42 Å². The van der Waals surface area contributed by atoms with E-state index in [0.29, 0.717) is 0 Å². The molecule has 0 aliphatic heterocycles. The summed E-state index contributed by atoms with van der Waals surface area (Å²) in [7, 11) is -5.56. The van der Waals surface area contributed by atoms with Crippen LogP contribution in [0.4, 0.5) is 57.1 Å². The highest BCUT2D eigenvalue weighted by Gasteiger charge is 2.80. The molecule has 2 unspecified atom stereocenters. The van der Waals surface area contributed by atoms with E-state index in [1.54, 1.807) is 0 Å². The predicted octanol–water partition coefficient (Wildman–Crippen LogP) is 3.87. The molecule has 0 aromatic rings. The fourth-order valence-electron chi connectivity index (χ4n) is 1.22. The average molecular weight is 460 g/mol. The van der Waals surface area contributed by atoms with Gasteiger partial charge in [-0.2, -0.15) is 47.9 Å².